The molecule has 1 saturated carbocycles. The van der Waals surface area contributed by atoms with Crippen molar-refractivity contribution < 1.29 is 4.79 Å². The summed E-state index contributed by atoms with van der Waals surface area (Å²) in [6, 6.07) is 10.6. The zero-order valence-electron chi connectivity index (χ0n) is 10.8. The van der Waals surface area contributed by atoms with Gasteiger partial charge in [0.05, 0.1) is 5.51 Å². The maximum absolute atomic E-state index is 12.1. The largest absolute Gasteiger partial charge is 0.299 e. The van der Waals surface area contributed by atoms with Crippen molar-refractivity contribution in [1.82, 2.24) is 4.98 Å². The summed E-state index contributed by atoms with van der Waals surface area (Å²) in [5.74, 6) is 1.15. The molecule has 1 aromatic heterocycles. The Labute approximate surface area is 117 Å². The molecule has 2 atom stereocenters. The van der Waals surface area contributed by atoms with Gasteiger partial charge >= 0.3 is 0 Å². The van der Waals surface area contributed by atoms with Crippen LogP contribution in [-0.2, 0) is 11.2 Å². The molecule has 1 fully saturated rings. The zero-order valence-corrected chi connectivity index (χ0v) is 11.6. The number of rotatable bonds is 3. The number of benzene rings is 1. The maximum atomic E-state index is 12.1. The predicted octanol–water partition coefficient (Wildman–Crippen LogP) is 3.84. The van der Waals surface area contributed by atoms with Gasteiger partial charge in [-0.1, -0.05) is 30.3 Å². The summed E-state index contributed by atoms with van der Waals surface area (Å²) in [6.07, 6.45) is 5.47. The van der Waals surface area contributed by atoms with Gasteiger partial charge in [0, 0.05) is 23.4 Å². The van der Waals surface area contributed by atoms with Crippen molar-refractivity contribution in [2.45, 2.75) is 31.6 Å². The van der Waals surface area contributed by atoms with Gasteiger partial charge in [-0.3, -0.25) is 9.78 Å². The van der Waals surface area contributed by atoms with Crippen molar-refractivity contribution >= 4 is 17.1 Å². The monoisotopic (exact) mass is 271 g/mol. The maximum Gasteiger partial charge on any atom is 0.136 e. The first-order chi connectivity index (χ1) is 9.33. The molecule has 1 heterocycles. The second-order valence-electron chi connectivity index (χ2n) is 5.22. The van der Waals surface area contributed by atoms with E-state index in [2.05, 4.69) is 29.2 Å². The highest BCUT2D eigenvalue weighted by molar-refractivity contribution is 7.09. The molecule has 0 amide bonds. The number of nitrogens with zero attached hydrogens (tertiary/aromatic N) is 1. The van der Waals surface area contributed by atoms with Gasteiger partial charge in [0.1, 0.15) is 5.78 Å². The summed E-state index contributed by atoms with van der Waals surface area (Å²) in [6.45, 7) is 0. The van der Waals surface area contributed by atoms with Crippen molar-refractivity contribution in [3.05, 3.63) is 52.5 Å². The lowest BCUT2D eigenvalue weighted by atomic mass is 9.76. The first-order valence-electron chi connectivity index (χ1n) is 6.78. The van der Waals surface area contributed by atoms with E-state index in [1.54, 1.807) is 11.3 Å². The van der Waals surface area contributed by atoms with Crippen LogP contribution in [0.3, 0.4) is 0 Å². The van der Waals surface area contributed by atoms with Crippen molar-refractivity contribution in [1.29, 1.82) is 0 Å². The van der Waals surface area contributed by atoms with E-state index in [9.17, 15) is 4.79 Å². The minimum Gasteiger partial charge on any atom is -0.299 e. The van der Waals surface area contributed by atoms with Crippen LogP contribution in [0.5, 0.6) is 0 Å². The molecule has 0 saturated heterocycles. The normalized spacial score (nSPS) is 23.5. The molecule has 1 aliphatic rings. The standard InChI is InChI=1S/C16H17NOS/c18-16-7-6-13(12-4-2-1-3-5-12)8-14(16)9-15-10-17-11-19-15/h1-5,10-11,13-14H,6-9H2. The topological polar surface area (TPSA) is 30.0 Å². The molecule has 19 heavy (non-hydrogen) atoms. The van der Waals surface area contributed by atoms with Gasteiger partial charge in [-0.25, -0.2) is 0 Å². The Balaban J connectivity index is 1.72. The fourth-order valence-electron chi connectivity index (χ4n) is 2.92. The van der Waals surface area contributed by atoms with Gasteiger partial charge in [0.2, 0.25) is 0 Å². The summed E-state index contributed by atoms with van der Waals surface area (Å²) in [4.78, 5) is 17.4. The van der Waals surface area contributed by atoms with Crippen LogP contribution in [0.2, 0.25) is 0 Å². The lowest BCUT2D eigenvalue weighted by Gasteiger charge is -2.28. The molecule has 0 bridgehead atoms. The molecular formula is C16H17NOS. The molecule has 0 spiro atoms. The van der Waals surface area contributed by atoms with Crippen LogP contribution in [0.25, 0.3) is 0 Å². The molecule has 2 nitrogen and oxygen atoms in total. The number of thiazole rings is 1. The van der Waals surface area contributed by atoms with E-state index in [1.807, 2.05) is 17.8 Å². The fraction of sp³-hybridized carbons (Fsp3) is 0.375. The van der Waals surface area contributed by atoms with Gasteiger partial charge < -0.3 is 0 Å². The van der Waals surface area contributed by atoms with Gasteiger partial charge in [-0.05, 0) is 30.7 Å². The summed E-state index contributed by atoms with van der Waals surface area (Å²) < 4.78 is 0. The van der Waals surface area contributed by atoms with Crippen LogP contribution in [0.15, 0.2) is 42.0 Å². The van der Waals surface area contributed by atoms with Crippen molar-refractivity contribution in [2.75, 3.05) is 0 Å². The Bertz CT molecular complexity index is 535. The molecular weight excluding hydrogens is 254 g/mol. The molecule has 3 rings (SSSR count). The average molecular weight is 271 g/mol. The molecule has 0 aliphatic heterocycles. The van der Waals surface area contributed by atoms with E-state index in [0.29, 0.717) is 11.7 Å². The third kappa shape index (κ3) is 2.92. The lowest BCUT2D eigenvalue weighted by molar-refractivity contribution is -0.124. The smallest absolute Gasteiger partial charge is 0.136 e. The number of carbonyl (C=O) groups is 1. The molecule has 3 heteroatoms. The van der Waals surface area contributed by atoms with E-state index in [4.69, 9.17) is 0 Å². The SMILES string of the molecule is O=C1CCC(c2ccccc2)CC1Cc1cncs1. The van der Waals surface area contributed by atoms with Crippen LogP contribution < -0.4 is 0 Å². The fourth-order valence-corrected chi connectivity index (χ4v) is 3.60. The first kappa shape index (κ1) is 12.5. The van der Waals surface area contributed by atoms with Crippen LogP contribution in [0.4, 0.5) is 0 Å². The Kier molecular flexibility index (Phi) is 3.74. The van der Waals surface area contributed by atoms with E-state index in [-0.39, 0.29) is 5.92 Å². The Morgan fingerprint density at radius 3 is 2.84 bits per heavy atom. The molecule has 1 aliphatic carbocycles. The Morgan fingerprint density at radius 1 is 1.26 bits per heavy atom. The summed E-state index contributed by atoms with van der Waals surface area (Å²) >= 11 is 1.65. The minimum absolute atomic E-state index is 0.180. The molecule has 1 aromatic carbocycles. The third-order valence-electron chi connectivity index (χ3n) is 3.97. The average Bonchev–Trinajstić information content (AvgIpc) is 2.95. The van der Waals surface area contributed by atoms with E-state index >= 15 is 0 Å². The van der Waals surface area contributed by atoms with Crippen LogP contribution >= 0.6 is 11.3 Å². The number of Topliss-reactive ketones (excluding diaryl/α,β-unsaturated/α-hetero) is 1. The molecule has 98 valence electrons. The van der Waals surface area contributed by atoms with E-state index < -0.39 is 0 Å². The number of hydrogen-bond donors (Lipinski definition) is 0. The first-order valence-corrected chi connectivity index (χ1v) is 7.66. The highest BCUT2D eigenvalue weighted by Crippen LogP contribution is 2.36. The van der Waals surface area contributed by atoms with Crippen LogP contribution in [-0.4, -0.2) is 10.8 Å². The Morgan fingerprint density at radius 2 is 2.11 bits per heavy atom. The number of carbonyl (C=O) groups excluding carboxylic acids is 1. The van der Waals surface area contributed by atoms with Gasteiger partial charge in [0.15, 0.2) is 0 Å². The van der Waals surface area contributed by atoms with E-state index in [1.165, 1.54) is 10.4 Å². The predicted molar refractivity (Wildman–Crippen MR) is 77.3 cm³/mol. The quantitative estimate of drug-likeness (QED) is 0.849. The van der Waals surface area contributed by atoms with E-state index in [0.717, 1.165) is 25.7 Å². The highest BCUT2D eigenvalue weighted by Gasteiger charge is 2.29. The lowest BCUT2D eigenvalue weighted by Crippen LogP contribution is -2.25. The Hall–Kier alpha value is -1.48. The second kappa shape index (κ2) is 5.66. The van der Waals surface area contributed by atoms with Gasteiger partial charge in [0.25, 0.3) is 0 Å². The van der Waals surface area contributed by atoms with Gasteiger partial charge in [-0.15, -0.1) is 11.3 Å². The summed E-state index contributed by atoms with van der Waals surface area (Å²) in [5.41, 5.74) is 3.22. The minimum atomic E-state index is 0.180. The molecule has 2 aromatic rings. The van der Waals surface area contributed by atoms with Gasteiger partial charge in [-0.2, -0.15) is 0 Å². The van der Waals surface area contributed by atoms with Crippen molar-refractivity contribution in [3.63, 3.8) is 0 Å². The van der Waals surface area contributed by atoms with Crippen LogP contribution in [0, 0.1) is 5.92 Å². The second-order valence-corrected chi connectivity index (χ2v) is 6.19. The molecule has 2 unspecified atom stereocenters. The van der Waals surface area contributed by atoms with Crippen molar-refractivity contribution in [2.24, 2.45) is 5.92 Å². The third-order valence-corrected chi connectivity index (χ3v) is 4.77. The highest BCUT2D eigenvalue weighted by atomic mass is 32.1. The van der Waals surface area contributed by atoms with Crippen molar-refractivity contribution in [3.8, 4) is 0 Å². The summed E-state index contributed by atoms with van der Waals surface area (Å²) in [5, 5.41) is 0. The molecule has 0 radical (unpaired) electrons. The zero-order chi connectivity index (χ0) is 13.1. The summed E-state index contributed by atoms with van der Waals surface area (Å²) in [7, 11) is 0. The number of hydrogen-bond acceptors (Lipinski definition) is 3. The molecule has 0 N–H and O–H groups in total. The number of ketones is 1. The number of aromatic nitrogens is 1. The van der Waals surface area contributed by atoms with Crippen LogP contribution in [0.1, 0.15) is 35.6 Å².